The van der Waals surface area contributed by atoms with Crippen molar-refractivity contribution in [3.63, 3.8) is 0 Å². The van der Waals surface area contributed by atoms with Crippen LogP contribution in [-0.2, 0) is 16.0 Å². The first-order valence-electron chi connectivity index (χ1n) is 10.4. The van der Waals surface area contributed by atoms with E-state index in [1.807, 2.05) is 25.2 Å². The number of anilines is 1. The average Bonchev–Trinajstić information content (AvgIpc) is 3.12. The molecule has 0 radical (unpaired) electrons. The molecule has 2 amide bonds. The highest BCUT2D eigenvalue weighted by Crippen LogP contribution is 2.42. The zero-order chi connectivity index (χ0) is 22.7. The molecule has 0 aromatic heterocycles. The van der Waals surface area contributed by atoms with E-state index in [9.17, 15) is 19.2 Å². The summed E-state index contributed by atoms with van der Waals surface area (Å²) in [5.74, 6) is -0.881. The lowest BCUT2D eigenvalue weighted by Gasteiger charge is -2.32. The molecule has 0 spiro atoms. The number of carbonyl (C=O) groups excluding carboxylic acids is 2. The lowest BCUT2D eigenvalue weighted by atomic mass is 10.1. The van der Waals surface area contributed by atoms with Gasteiger partial charge in [0.1, 0.15) is 22.5 Å². The number of benzene rings is 2. The highest BCUT2D eigenvalue weighted by Gasteiger charge is 2.41. The number of para-hydroxylation sites is 1. The van der Waals surface area contributed by atoms with Crippen LogP contribution in [0.4, 0.5) is 10.1 Å². The highest BCUT2D eigenvalue weighted by molar-refractivity contribution is 8.05. The van der Waals surface area contributed by atoms with Crippen molar-refractivity contribution >= 4 is 29.3 Å². The third-order valence-corrected chi connectivity index (χ3v) is 6.89. The van der Waals surface area contributed by atoms with Crippen LogP contribution in [0, 0.1) is 17.1 Å². The van der Waals surface area contributed by atoms with Crippen molar-refractivity contribution in [2.75, 3.05) is 38.1 Å². The Hall–Kier alpha value is -3.15. The highest BCUT2D eigenvalue weighted by atomic mass is 32.2. The second-order valence-electron chi connectivity index (χ2n) is 7.83. The average molecular weight is 451 g/mol. The van der Waals surface area contributed by atoms with Gasteiger partial charge in [-0.25, -0.2) is 4.39 Å². The number of hydrogen-bond acceptors (Lipinski definition) is 5. The van der Waals surface area contributed by atoms with Gasteiger partial charge in [0.05, 0.1) is 5.25 Å². The Kier molecular flexibility index (Phi) is 6.58. The van der Waals surface area contributed by atoms with E-state index in [0.29, 0.717) is 30.2 Å². The molecule has 164 valence electrons. The van der Waals surface area contributed by atoms with Gasteiger partial charge in [-0.05, 0) is 43.3 Å². The molecule has 2 aromatic carbocycles. The second-order valence-corrected chi connectivity index (χ2v) is 9.03. The Morgan fingerprint density at radius 2 is 1.75 bits per heavy atom. The van der Waals surface area contributed by atoms with E-state index in [1.54, 1.807) is 29.2 Å². The van der Waals surface area contributed by atoms with E-state index < -0.39 is 5.25 Å². The maximum absolute atomic E-state index is 13.4. The summed E-state index contributed by atoms with van der Waals surface area (Å²) >= 11 is 1.23. The number of hydrogen-bond donors (Lipinski definition) is 0. The van der Waals surface area contributed by atoms with E-state index in [0.717, 1.165) is 18.7 Å². The SMILES string of the molecule is CN1CCN(C(=O)C(C#N)=C2SC(Cc3ccc(F)cc3)C(=O)N2c2ccccc2)CC1. The predicted molar refractivity (Wildman–Crippen MR) is 122 cm³/mol. The number of rotatable bonds is 4. The van der Waals surface area contributed by atoms with E-state index in [2.05, 4.69) is 11.0 Å². The molecular formula is C24H23FN4O2S. The van der Waals surface area contributed by atoms with Gasteiger partial charge in [0.15, 0.2) is 0 Å². The topological polar surface area (TPSA) is 67.6 Å². The first-order chi connectivity index (χ1) is 15.5. The Balaban J connectivity index is 1.69. The van der Waals surface area contributed by atoms with Gasteiger partial charge in [0, 0.05) is 31.9 Å². The molecule has 0 bridgehead atoms. The maximum Gasteiger partial charge on any atom is 0.267 e. The summed E-state index contributed by atoms with van der Waals surface area (Å²) in [6, 6.07) is 17.1. The van der Waals surface area contributed by atoms with Gasteiger partial charge in [-0.1, -0.05) is 42.1 Å². The molecule has 0 N–H and O–H groups in total. The molecule has 0 saturated carbocycles. The van der Waals surface area contributed by atoms with Gasteiger partial charge in [-0.3, -0.25) is 14.5 Å². The van der Waals surface area contributed by atoms with Gasteiger partial charge in [0.25, 0.3) is 5.91 Å². The van der Waals surface area contributed by atoms with Gasteiger partial charge in [0.2, 0.25) is 5.91 Å². The van der Waals surface area contributed by atoms with Gasteiger partial charge < -0.3 is 9.80 Å². The number of nitriles is 1. The lowest BCUT2D eigenvalue weighted by Crippen LogP contribution is -2.47. The third-order valence-electron chi connectivity index (χ3n) is 5.63. The lowest BCUT2D eigenvalue weighted by molar-refractivity contribution is -0.128. The number of thioether (sulfide) groups is 1. The Morgan fingerprint density at radius 3 is 2.38 bits per heavy atom. The molecule has 2 saturated heterocycles. The summed E-state index contributed by atoms with van der Waals surface area (Å²) in [6.45, 7) is 2.55. The fraction of sp³-hybridized carbons (Fsp3) is 0.292. The van der Waals surface area contributed by atoms with Crippen molar-refractivity contribution in [1.29, 1.82) is 5.26 Å². The number of amides is 2. The zero-order valence-electron chi connectivity index (χ0n) is 17.7. The van der Waals surface area contributed by atoms with Crippen molar-refractivity contribution in [2.45, 2.75) is 11.7 Å². The number of likely N-dealkylation sites (N-methyl/N-ethyl adjacent to an activating group) is 1. The number of halogens is 1. The summed E-state index contributed by atoms with van der Waals surface area (Å²) in [5.41, 5.74) is 1.41. The minimum Gasteiger partial charge on any atom is -0.335 e. The van der Waals surface area contributed by atoms with Crippen molar-refractivity contribution < 1.29 is 14.0 Å². The first-order valence-corrected chi connectivity index (χ1v) is 11.3. The van der Waals surface area contributed by atoms with Crippen LogP contribution in [-0.4, -0.2) is 60.1 Å². The fourth-order valence-corrected chi connectivity index (χ4v) is 5.10. The summed E-state index contributed by atoms with van der Waals surface area (Å²) in [6.07, 6.45) is 0.373. The molecule has 1 atom stereocenters. The van der Waals surface area contributed by atoms with Crippen LogP contribution in [0.2, 0.25) is 0 Å². The predicted octanol–water partition coefficient (Wildman–Crippen LogP) is 3.03. The molecule has 2 aliphatic heterocycles. The van der Waals surface area contributed by atoms with Crippen molar-refractivity contribution in [3.8, 4) is 6.07 Å². The summed E-state index contributed by atoms with van der Waals surface area (Å²) < 4.78 is 13.3. The van der Waals surface area contributed by atoms with Crippen LogP contribution in [0.1, 0.15) is 5.56 Å². The second kappa shape index (κ2) is 9.55. The van der Waals surface area contributed by atoms with Crippen LogP contribution < -0.4 is 4.90 Å². The molecule has 0 aliphatic carbocycles. The normalized spacial score (nSPS) is 20.9. The molecule has 2 heterocycles. The van der Waals surface area contributed by atoms with Crippen molar-refractivity contribution in [2.24, 2.45) is 0 Å². The van der Waals surface area contributed by atoms with Gasteiger partial charge >= 0.3 is 0 Å². The molecule has 6 nitrogen and oxygen atoms in total. The van der Waals surface area contributed by atoms with Crippen LogP contribution >= 0.6 is 11.8 Å². The molecule has 8 heteroatoms. The minimum atomic E-state index is -0.515. The fourth-order valence-electron chi connectivity index (χ4n) is 3.79. The van der Waals surface area contributed by atoms with E-state index in [-0.39, 0.29) is 23.2 Å². The molecule has 2 aromatic rings. The Bertz CT molecular complexity index is 1070. The van der Waals surface area contributed by atoms with Crippen molar-refractivity contribution in [3.05, 3.63) is 76.6 Å². The smallest absolute Gasteiger partial charge is 0.267 e. The molecule has 1 unspecified atom stereocenters. The van der Waals surface area contributed by atoms with Crippen LogP contribution in [0.15, 0.2) is 65.2 Å². The monoisotopic (exact) mass is 450 g/mol. The summed E-state index contributed by atoms with van der Waals surface area (Å²) in [5, 5.41) is 9.78. The largest absolute Gasteiger partial charge is 0.335 e. The zero-order valence-corrected chi connectivity index (χ0v) is 18.5. The van der Waals surface area contributed by atoms with Gasteiger partial charge in [-0.2, -0.15) is 5.26 Å². The van der Waals surface area contributed by atoms with E-state index in [1.165, 1.54) is 28.8 Å². The van der Waals surface area contributed by atoms with E-state index >= 15 is 0 Å². The molecular weight excluding hydrogens is 427 g/mol. The Labute approximate surface area is 190 Å². The van der Waals surface area contributed by atoms with Crippen LogP contribution in [0.5, 0.6) is 0 Å². The maximum atomic E-state index is 13.4. The minimum absolute atomic E-state index is 0.0154. The first kappa shape index (κ1) is 22.1. The molecule has 2 fully saturated rings. The standard InChI is InChI=1S/C24H23FN4O2S/c1-27-11-13-28(14-12-27)22(30)20(16-26)24-29(19-5-3-2-4-6-19)23(31)21(32-24)15-17-7-9-18(25)10-8-17/h2-10,21H,11-15H2,1H3. The number of nitrogens with zero attached hydrogens (tertiary/aromatic N) is 4. The molecule has 4 rings (SSSR count). The van der Waals surface area contributed by atoms with Gasteiger partial charge in [-0.15, -0.1) is 0 Å². The third kappa shape index (κ3) is 4.54. The summed E-state index contributed by atoms with van der Waals surface area (Å²) in [7, 11) is 1.99. The van der Waals surface area contributed by atoms with Crippen LogP contribution in [0.25, 0.3) is 0 Å². The van der Waals surface area contributed by atoms with E-state index in [4.69, 9.17) is 0 Å². The number of piperazine rings is 1. The van der Waals surface area contributed by atoms with Crippen molar-refractivity contribution in [1.82, 2.24) is 9.80 Å². The quantitative estimate of drug-likeness (QED) is 0.529. The Morgan fingerprint density at radius 1 is 1.09 bits per heavy atom. The molecule has 32 heavy (non-hydrogen) atoms. The van der Waals surface area contributed by atoms with Crippen LogP contribution in [0.3, 0.4) is 0 Å². The molecule has 2 aliphatic rings. The summed E-state index contributed by atoms with van der Waals surface area (Å²) in [4.78, 5) is 31.9. The number of carbonyl (C=O) groups is 2.